The minimum Gasteiger partial charge on any atom is -0.237 e. The Bertz CT molecular complexity index is 712. The van der Waals surface area contributed by atoms with Crippen molar-refractivity contribution >= 4 is 38.9 Å². The molecule has 0 atom stereocenters. The van der Waals surface area contributed by atoms with Gasteiger partial charge in [-0.25, -0.2) is 4.99 Å². The van der Waals surface area contributed by atoms with Crippen molar-refractivity contribution in [1.29, 1.82) is 0 Å². The van der Waals surface area contributed by atoms with Crippen LogP contribution in [0.15, 0.2) is 59.6 Å². The molecule has 1 nitrogen and oxygen atoms in total. The summed E-state index contributed by atoms with van der Waals surface area (Å²) in [5, 5.41) is 0.421. The van der Waals surface area contributed by atoms with E-state index in [1.54, 1.807) is 42.5 Å². The molecule has 0 aliphatic rings. The SMILES string of the molecule is FC(F)(Br)C(C#Cc1ccccc1)=Nc1cccc(Cl)c1. The van der Waals surface area contributed by atoms with Crippen molar-refractivity contribution in [2.24, 2.45) is 4.99 Å². The Labute approximate surface area is 134 Å². The highest BCUT2D eigenvalue weighted by molar-refractivity contribution is 9.10. The van der Waals surface area contributed by atoms with E-state index >= 15 is 0 Å². The summed E-state index contributed by atoms with van der Waals surface area (Å²) < 4.78 is 27.1. The van der Waals surface area contributed by atoms with Crippen LogP contribution in [0.25, 0.3) is 0 Å². The van der Waals surface area contributed by atoms with Gasteiger partial charge in [0.05, 0.1) is 5.69 Å². The number of nitrogens with zero attached hydrogens (tertiary/aromatic N) is 1. The lowest BCUT2D eigenvalue weighted by Gasteiger charge is -2.06. The van der Waals surface area contributed by atoms with Gasteiger partial charge in [0, 0.05) is 10.6 Å². The van der Waals surface area contributed by atoms with Crippen LogP contribution in [-0.2, 0) is 0 Å². The monoisotopic (exact) mass is 367 g/mol. The predicted octanol–water partition coefficient (Wildman–Crippen LogP) is 5.45. The van der Waals surface area contributed by atoms with Crippen molar-refractivity contribution in [2.75, 3.05) is 0 Å². The van der Waals surface area contributed by atoms with Crippen molar-refractivity contribution in [3.8, 4) is 11.8 Å². The number of alkyl halides is 3. The third-order valence-electron chi connectivity index (χ3n) is 2.42. The van der Waals surface area contributed by atoms with Gasteiger partial charge >= 0.3 is 4.83 Å². The summed E-state index contributed by atoms with van der Waals surface area (Å²) in [4.78, 5) is 0.559. The van der Waals surface area contributed by atoms with Gasteiger partial charge in [-0.1, -0.05) is 41.8 Å². The van der Waals surface area contributed by atoms with Crippen molar-refractivity contribution < 1.29 is 8.78 Å². The smallest absolute Gasteiger partial charge is 0.237 e. The van der Waals surface area contributed by atoms with E-state index in [9.17, 15) is 8.78 Å². The fraction of sp³-hybridized carbons (Fsp3) is 0.0625. The Morgan fingerprint density at radius 1 is 1.10 bits per heavy atom. The third kappa shape index (κ3) is 4.96. The Kier molecular flexibility index (Phi) is 5.11. The molecule has 0 unspecified atom stereocenters. The van der Waals surface area contributed by atoms with Crippen LogP contribution in [-0.4, -0.2) is 10.5 Å². The highest BCUT2D eigenvalue weighted by atomic mass is 79.9. The number of rotatable bonds is 2. The molecule has 0 N–H and O–H groups in total. The first-order chi connectivity index (χ1) is 9.95. The molecule has 5 heteroatoms. The zero-order valence-electron chi connectivity index (χ0n) is 10.7. The van der Waals surface area contributed by atoms with Crippen LogP contribution in [0.2, 0.25) is 5.02 Å². The molecule has 2 aromatic rings. The van der Waals surface area contributed by atoms with E-state index in [1.165, 1.54) is 6.07 Å². The summed E-state index contributed by atoms with van der Waals surface area (Å²) >= 11 is 8.11. The Hall–Kier alpha value is -1.70. The normalized spacial score (nSPS) is 11.7. The Morgan fingerprint density at radius 2 is 1.81 bits per heavy atom. The van der Waals surface area contributed by atoms with E-state index in [1.807, 2.05) is 6.07 Å². The molecule has 0 saturated carbocycles. The molecule has 0 saturated heterocycles. The van der Waals surface area contributed by atoms with Crippen molar-refractivity contribution in [3.63, 3.8) is 0 Å². The molecular formula is C16H9BrClF2N. The summed E-state index contributed by atoms with van der Waals surface area (Å²) in [6, 6.07) is 15.2. The molecule has 0 aromatic heterocycles. The molecule has 0 aliphatic carbocycles. The van der Waals surface area contributed by atoms with Crippen LogP contribution in [0.5, 0.6) is 0 Å². The molecule has 2 rings (SSSR count). The Morgan fingerprint density at radius 3 is 2.43 bits per heavy atom. The number of aliphatic imine (C=N–C) groups is 1. The fourth-order valence-electron chi connectivity index (χ4n) is 1.49. The second kappa shape index (κ2) is 6.84. The van der Waals surface area contributed by atoms with E-state index in [2.05, 4.69) is 32.8 Å². The predicted molar refractivity (Wildman–Crippen MR) is 85.7 cm³/mol. The molecule has 0 amide bonds. The van der Waals surface area contributed by atoms with E-state index < -0.39 is 10.5 Å². The highest BCUT2D eigenvalue weighted by Crippen LogP contribution is 2.27. The quantitative estimate of drug-likeness (QED) is 0.379. The minimum atomic E-state index is -3.31. The zero-order chi connectivity index (χ0) is 15.3. The van der Waals surface area contributed by atoms with Crippen LogP contribution in [0.1, 0.15) is 5.56 Å². The van der Waals surface area contributed by atoms with Gasteiger partial charge in [-0.15, -0.1) is 0 Å². The first kappa shape index (κ1) is 15.7. The number of hydrogen-bond acceptors (Lipinski definition) is 1. The summed E-state index contributed by atoms with van der Waals surface area (Å²) in [5.41, 5.74) is 0.376. The first-order valence-electron chi connectivity index (χ1n) is 5.94. The zero-order valence-corrected chi connectivity index (χ0v) is 13.0. The third-order valence-corrected chi connectivity index (χ3v) is 3.03. The summed E-state index contributed by atoms with van der Waals surface area (Å²) in [5.74, 6) is 5.07. The van der Waals surface area contributed by atoms with Crippen LogP contribution in [0, 0.1) is 11.8 Å². The van der Waals surface area contributed by atoms with E-state index in [-0.39, 0.29) is 0 Å². The van der Waals surface area contributed by atoms with Crippen LogP contribution in [0.4, 0.5) is 14.5 Å². The molecule has 0 radical (unpaired) electrons. The summed E-state index contributed by atoms with van der Waals surface area (Å²) in [7, 11) is 0. The maximum Gasteiger partial charge on any atom is 0.350 e. The molecule has 0 bridgehead atoms. The topological polar surface area (TPSA) is 12.4 Å². The maximum absolute atomic E-state index is 13.5. The van der Waals surface area contributed by atoms with Gasteiger partial charge in [-0.3, -0.25) is 0 Å². The standard InChI is InChI=1S/C16H9BrClF2N/c17-16(19,20)15(10-9-12-5-2-1-3-6-12)21-14-8-4-7-13(18)11-14/h1-8,11H. The molecule has 0 fully saturated rings. The largest absolute Gasteiger partial charge is 0.350 e. The average Bonchev–Trinajstić information content (AvgIpc) is 2.43. The molecule has 106 valence electrons. The second-order valence-electron chi connectivity index (χ2n) is 4.05. The highest BCUT2D eigenvalue weighted by Gasteiger charge is 2.31. The molecule has 0 heterocycles. The average molecular weight is 369 g/mol. The summed E-state index contributed by atoms with van der Waals surface area (Å²) in [6.07, 6.45) is 0. The Balaban J connectivity index is 2.39. The van der Waals surface area contributed by atoms with Gasteiger partial charge in [0.1, 0.15) is 0 Å². The van der Waals surface area contributed by atoms with Crippen LogP contribution in [0.3, 0.4) is 0 Å². The first-order valence-corrected chi connectivity index (χ1v) is 7.11. The van der Waals surface area contributed by atoms with Crippen molar-refractivity contribution in [2.45, 2.75) is 4.83 Å². The lowest BCUT2D eigenvalue weighted by atomic mass is 10.2. The van der Waals surface area contributed by atoms with Crippen molar-refractivity contribution in [1.82, 2.24) is 0 Å². The number of benzene rings is 2. The molecule has 21 heavy (non-hydrogen) atoms. The second-order valence-corrected chi connectivity index (χ2v) is 5.49. The van der Waals surface area contributed by atoms with Gasteiger partial charge in [-0.05, 0) is 52.2 Å². The van der Waals surface area contributed by atoms with Gasteiger partial charge in [0.2, 0.25) is 0 Å². The lowest BCUT2D eigenvalue weighted by Crippen LogP contribution is -2.18. The molecule has 0 spiro atoms. The lowest BCUT2D eigenvalue weighted by molar-refractivity contribution is 0.195. The van der Waals surface area contributed by atoms with Crippen LogP contribution >= 0.6 is 27.5 Å². The van der Waals surface area contributed by atoms with Crippen LogP contribution < -0.4 is 0 Å². The van der Waals surface area contributed by atoms with E-state index in [0.29, 0.717) is 16.3 Å². The van der Waals surface area contributed by atoms with Gasteiger partial charge < -0.3 is 0 Å². The minimum absolute atomic E-state index is 0.319. The van der Waals surface area contributed by atoms with E-state index in [0.717, 1.165) is 0 Å². The fourth-order valence-corrected chi connectivity index (χ4v) is 1.86. The van der Waals surface area contributed by atoms with Gasteiger partial charge in [-0.2, -0.15) is 8.78 Å². The molecule has 0 aliphatic heterocycles. The molecule has 2 aromatic carbocycles. The molecular weight excluding hydrogens is 360 g/mol. The van der Waals surface area contributed by atoms with Crippen molar-refractivity contribution in [3.05, 3.63) is 65.2 Å². The van der Waals surface area contributed by atoms with Gasteiger partial charge in [0.15, 0.2) is 5.71 Å². The van der Waals surface area contributed by atoms with Gasteiger partial charge in [0.25, 0.3) is 0 Å². The number of halogens is 4. The summed E-state index contributed by atoms with van der Waals surface area (Å²) in [6.45, 7) is 0. The number of hydrogen-bond donors (Lipinski definition) is 0. The maximum atomic E-state index is 13.5. The van der Waals surface area contributed by atoms with E-state index in [4.69, 9.17) is 11.6 Å².